The quantitative estimate of drug-likeness (QED) is 0.748. The van der Waals surface area contributed by atoms with Gasteiger partial charge in [-0.15, -0.1) is 0 Å². The van der Waals surface area contributed by atoms with Crippen molar-refractivity contribution in [1.82, 2.24) is 4.90 Å². The Morgan fingerprint density at radius 1 is 1.25 bits per heavy atom. The highest BCUT2D eigenvalue weighted by atomic mass is 16.5. The summed E-state index contributed by atoms with van der Waals surface area (Å²) < 4.78 is 13.0. The molecule has 5 heteroatoms. The van der Waals surface area contributed by atoms with Crippen LogP contribution in [0.15, 0.2) is 12.1 Å². The lowest BCUT2D eigenvalue weighted by atomic mass is 9.40. The van der Waals surface area contributed by atoms with E-state index in [0.29, 0.717) is 24.4 Å². The van der Waals surface area contributed by atoms with Crippen molar-refractivity contribution in [1.29, 1.82) is 0 Å². The molecule has 2 saturated carbocycles. The maximum Gasteiger partial charge on any atom is 0.165 e. The number of benzene rings is 1. The van der Waals surface area contributed by atoms with Crippen molar-refractivity contribution in [2.24, 2.45) is 11.8 Å². The van der Waals surface area contributed by atoms with Crippen LogP contribution in [0.2, 0.25) is 0 Å². The van der Waals surface area contributed by atoms with Crippen LogP contribution in [0.5, 0.6) is 11.5 Å². The average molecular weight is 327 g/mol. The maximum absolute atomic E-state index is 11.1. The molecular formula is C19H21NO4. The molecule has 3 aliphatic heterocycles. The van der Waals surface area contributed by atoms with Crippen molar-refractivity contribution in [3.05, 3.63) is 23.3 Å². The Balaban J connectivity index is 1.61. The first-order chi connectivity index (χ1) is 11.7. The fraction of sp³-hybridized carbons (Fsp3) is 0.684. The number of phenolic OH excluding ortho intramolecular Hbond substituents is 1. The van der Waals surface area contributed by atoms with Gasteiger partial charge in [-0.2, -0.15) is 0 Å². The summed E-state index contributed by atoms with van der Waals surface area (Å²) in [5.41, 5.74) is 1.93. The molecule has 0 radical (unpaired) electrons. The van der Waals surface area contributed by atoms with E-state index in [1.807, 2.05) is 0 Å². The van der Waals surface area contributed by atoms with E-state index in [9.17, 15) is 10.2 Å². The van der Waals surface area contributed by atoms with Gasteiger partial charge < -0.3 is 19.7 Å². The van der Waals surface area contributed by atoms with Gasteiger partial charge in [0, 0.05) is 18.2 Å². The minimum absolute atomic E-state index is 0.214. The van der Waals surface area contributed by atoms with Crippen molar-refractivity contribution >= 4 is 0 Å². The maximum atomic E-state index is 11.1. The number of aliphatic hydroxyl groups excluding tert-OH is 1. The third kappa shape index (κ3) is 0.998. The van der Waals surface area contributed by atoms with Crippen molar-refractivity contribution in [2.45, 2.75) is 54.9 Å². The zero-order chi connectivity index (χ0) is 15.8. The summed E-state index contributed by atoms with van der Waals surface area (Å²) in [6, 6.07) is 4.21. The van der Waals surface area contributed by atoms with Gasteiger partial charge in [0.2, 0.25) is 0 Å². The summed E-state index contributed by atoms with van der Waals surface area (Å²) in [4.78, 5) is 2.50. The van der Waals surface area contributed by atoms with Crippen LogP contribution < -0.4 is 4.74 Å². The molecule has 1 aromatic rings. The topological polar surface area (TPSA) is 62.2 Å². The van der Waals surface area contributed by atoms with E-state index in [-0.39, 0.29) is 28.8 Å². The fourth-order valence-electron chi connectivity index (χ4n) is 7.48. The largest absolute Gasteiger partial charge is 0.504 e. The molecule has 7 rings (SSSR count). The standard InChI is InChI=1S/C19H21NO4/c21-12-4-1-9-7-13-19-11-3-2-10(11)15(22)17-18(19,14(9)16(12)24-17)5-6-20(13)8-23-19/h1,4,10-11,13,15,17,21-22H,2-3,5-8H2. The van der Waals surface area contributed by atoms with Gasteiger partial charge in [0.25, 0.3) is 0 Å². The van der Waals surface area contributed by atoms with E-state index < -0.39 is 6.10 Å². The fourth-order valence-corrected chi connectivity index (χ4v) is 7.48. The molecule has 126 valence electrons. The predicted octanol–water partition coefficient (Wildman–Crippen LogP) is 1.15. The molecule has 3 heterocycles. The van der Waals surface area contributed by atoms with Gasteiger partial charge in [-0.1, -0.05) is 6.07 Å². The van der Waals surface area contributed by atoms with Crippen LogP contribution in [0.3, 0.4) is 0 Å². The zero-order valence-electron chi connectivity index (χ0n) is 13.4. The first-order valence-corrected chi connectivity index (χ1v) is 9.26. The van der Waals surface area contributed by atoms with Crippen molar-refractivity contribution in [3.63, 3.8) is 0 Å². The molecule has 2 saturated heterocycles. The van der Waals surface area contributed by atoms with Crippen LogP contribution in [0.4, 0.5) is 0 Å². The minimum atomic E-state index is -0.455. The molecule has 1 aromatic carbocycles. The third-order valence-corrected chi connectivity index (χ3v) is 8.34. The highest BCUT2D eigenvalue weighted by Crippen LogP contribution is 2.72. The van der Waals surface area contributed by atoms with Gasteiger partial charge in [0.1, 0.15) is 18.4 Å². The van der Waals surface area contributed by atoms with E-state index in [0.717, 1.165) is 37.8 Å². The number of hydrogen-bond acceptors (Lipinski definition) is 5. The minimum Gasteiger partial charge on any atom is -0.504 e. The van der Waals surface area contributed by atoms with Crippen LogP contribution in [-0.4, -0.2) is 52.2 Å². The number of aromatic hydroxyl groups is 1. The molecule has 8 atom stereocenters. The second kappa shape index (κ2) is 3.62. The Bertz CT molecular complexity index is 796. The Labute approximate surface area is 140 Å². The Hall–Kier alpha value is -1.30. The highest BCUT2D eigenvalue weighted by Gasteiger charge is 2.81. The first kappa shape index (κ1) is 13.0. The van der Waals surface area contributed by atoms with E-state index in [1.54, 1.807) is 6.07 Å². The van der Waals surface area contributed by atoms with Crippen LogP contribution in [0, 0.1) is 11.8 Å². The molecule has 2 N–H and O–H groups in total. The Morgan fingerprint density at radius 2 is 2.17 bits per heavy atom. The summed E-state index contributed by atoms with van der Waals surface area (Å²) in [5.74, 6) is 1.54. The zero-order valence-corrected chi connectivity index (χ0v) is 13.4. The lowest BCUT2D eigenvalue weighted by Crippen LogP contribution is -2.80. The molecule has 2 spiro atoms. The molecule has 4 fully saturated rings. The van der Waals surface area contributed by atoms with Gasteiger partial charge in [0.05, 0.1) is 11.5 Å². The van der Waals surface area contributed by atoms with Crippen molar-refractivity contribution in [2.75, 3.05) is 13.3 Å². The van der Waals surface area contributed by atoms with Crippen LogP contribution in [0.1, 0.15) is 30.4 Å². The smallest absolute Gasteiger partial charge is 0.165 e. The Kier molecular flexibility index (Phi) is 1.96. The number of rotatable bonds is 0. The molecule has 24 heavy (non-hydrogen) atoms. The number of aliphatic hydroxyl groups is 1. The van der Waals surface area contributed by atoms with Gasteiger partial charge in [-0.05, 0) is 49.1 Å². The van der Waals surface area contributed by atoms with Gasteiger partial charge in [-0.3, -0.25) is 4.90 Å². The van der Waals surface area contributed by atoms with Crippen LogP contribution in [-0.2, 0) is 16.6 Å². The number of piperidine rings is 1. The van der Waals surface area contributed by atoms with E-state index in [4.69, 9.17) is 9.47 Å². The van der Waals surface area contributed by atoms with Gasteiger partial charge in [-0.25, -0.2) is 0 Å². The van der Waals surface area contributed by atoms with Gasteiger partial charge >= 0.3 is 0 Å². The molecular weight excluding hydrogens is 306 g/mol. The monoisotopic (exact) mass is 327 g/mol. The predicted molar refractivity (Wildman–Crippen MR) is 83.9 cm³/mol. The lowest BCUT2D eigenvalue weighted by Gasteiger charge is -2.68. The molecule has 4 bridgehead atoms. The normalized spacial score (nSPS) is 54.5. The van der Waals surface area contributed by atoms with E-state index in [2.05, 4.69) is 11.0 Å². The van der Waals surface area contributed by atoms with E-state index >= 15 is 0 Å². The second-order valence-electron chi connectivity index (χ2n) is 8.64. The number of phenols is 1. The van der Waals surface area contributed by atoms with Crippen LogP contribution >= 0.6 is 0 Å². The molecule has 5 nitrogen and oxygen atoms in total. The summed E-state index contributed by atoms with van der Waals surface area (Å²) in [6.07, 6.45) is 3.41. The SMILES string of the molecule is Oc1ccc2c3c1OC1C(O)C4CCC4C45OCN(CCC314)C5C2. The molecule has 8 unspecified atom stereocenters. The summed E-state index contributed by atoms with van der Waals surface area (Å²) in [7, 11) is 0. The highest BCUT2D eigenvalue weighted by molar-refractivity contribution is 5.63. The molecule has 0 aromatic heterocycles. The number of ether oxygens (including phenoxy) is 2. The van der Waals surface area contributed by atoms with Crippen molar-refractivity contribution in [3.8, 4) is 11.5 Å². The lowest BCUT2D eigenvalue weighted by molar-refractivity contribution is -0.251. The molecule has 3 aliphatic carbocycles. The third-order valence-electron chi connectivity index (χ3n) is 8.34. The number of hydrogen-bond donors (Lipinski definition) is 2. The average Bonchev–Trinajstić information content (AvgIpc) is 2.98. The van der Waals surface area contributed by atoms with E-state index in [1.165, 1.54) is 5.56 Å². The first-order valence-electron chi connectivity index (χ1n) is 9.26. The Morgan fingerprint density at radius 3 is 3.00 bits per heavy atom. The van der Waals surface area contributed by atoms with Crippen molar-refractivity contribution < 1.29 is 19.7 Å². The number of nitrogens with zero attached hydrogens (tertiary/aromatic N) is 1. The summed E-state index contributed by atoms with van der Waals surface area (Å²) >= 11 is 0. The summed E-state index contributed by atoms with van der Waals surface area (Å²) in [5, 5.41) is 21.6. The summed E-state index contributed by atoms with van der Waals surface area (Å²) in [6.45, 7) is 1.69. The number of fused-ring (bicyclic) bond motifs is 1. The van der Waals surface area contributed by atoms with Gasteiger partial charge in [0.15, 0.2) is 11.5 Å². The molecule has 0 amide bonds. The second-order valence-corrected chi connectivity index (χ2v) is 8.64. The van der Waals surface area contributed by atoms with Crippen LogP contribution in [0.25, 0.3) is 0 Å². The molecule has 6 aliphatic rings.